The van der Waals surface area contributed by atoms with Crippen LogP contribution in [-0.4, -0.2) is 31.1 Å². The number of hydrogen-bond acceptors (Lipinski definition) is 6. The Morgan fingerprint density at radius 1 is 0.824 bits per heavy atom. The Balaban J connectivity index is 0.00000408. The highest BCUT2D eigenvalue weighted by atomic mass is 35.5. The van der Waals surface area contributed by atoms with Crippen LogP contribution < -0.4 is 31.4 Å². The molecule has 0 saturated heterocycles. The van der Waals surface area contributed by atoms with Gasteiger partial charge in [-0.15, -0.1) is 0 Å². The zero-order valence-electron chi connectivity index (χ0n) is 19.3. The molecular weight excluding hydrogens is 460 g/mol. The highest BCUT2D eigenvalue weighted by Gasteiger charge is 2.29. The molecule has 1 heterocycles. The van der Waals surface area contributed by atoms with Crippen LogP contribution in [-0.2, 0) is 29.4 Å². The van der Waals surface area contributed by atoms with Crippen LogP contribution in [0.25, 0.3) is 0 Å². The van der Waals surface area contributed by atoms with Crippen molar-refractivity contribution in [3.8, 4) is 11.5 Å². The van der Waals surface area contributed by atoms with Crippen LogP contribution in [0, 0.1) is 0 Å². The smallest absolute Gasteiger partial charge is 0.477 e. The van der Waals surface area contributed by atoms with Crippen LogP contribution in [0.1, 0.15) is 23.7 Å². The third-order valence-corrected chi connectivity index (χ3v) is 4.53. The number of hydrogen-bond donors (Lipinski definition) is 0. The lowest BCUT2D eigenvalue weighted by Crippen LogP contribution is -3.00. The van der Waals surface area contributed by atoms with Gasteiger partial charge < -0.3 is 31.5 Å². The molecule has 3 aromatic rings. The molecule has 0 aliphatic carbocycles. The summed E-state index contributed by atoms with van der Waals surface area (Å²) in [5, 5.41) is 0. The molecule has 0 radical (unpaired) electrons. The van der Waals surface area contributed by atoms with E-state index in [0.29, 0.717) is 23.8 Å². The normalized spacial score (nSPS) is 9.97. The number of esters is 1. The molecule has 0 atom stereocenters. The van der Waals surface area contributed by atoms with E-state index < -0.39 is 12.1 Å². The van der Waals surface area contributed by atoms with Crippen molar-refractivity contribution in [1.29, 1.82) is 0 Å². The van der Waals surface area contributed by atoms with E-state index in [0.717, 1.165) is 11.1 Å². The van der Waals surface area contributed by atoms with Gasteiger partial charge in [0.05, 0.1) is 6.07 Å². The van der Waals surface area contributed by atoms with Crippen molar-refractivity contribution in [3.05, 3.63) is 89.7 Å². The predicted molar refractivity (Wildman–Crippen MR) is 119 cm³/mol. The van der Waals surface area contributed by atoms with Crippen LogP contribution >= 0.6 is 0 Å². The van der Waals surface area contributed by atoms with Crippen molar-refractivity contribution in [1.82, 2.24) is 4.90 Å². The van der Waals surface area contributed by atoms with Gasteiger partial charge in [-0.05, 0) is 11.1 Å². The molecule has 0 spiro atoms. The minimum Gasteiger partial charge on any atom is -1.00 e. The fraction of sp³-hybridized carbons (Fsp3) is 0.240. The maximum absolute atomic E-state index is 12.2. The average Bonchev–Trinajstić information content (AvgIpc) is 2.82. The number of carbonyl (C=O) groups excluding carboxylic acids is 2. The first-order valence-corrected chi connectivity index (χ1v) is 10.4. The number of pyridine rings is 1. The van der Waals surface area contributed by atoms with E-state index >= 15 is 0 Å². The molecule has 180 valence electrons. The monoisotopic (exact) mass is 486 g/mol. The van der Waals surface area contributed by atoms with Crippen molar-refractivity contribution < 1.29 is 45.8 Å². The lowest BCUT2D eigenvalue weighted by molar-refractivity contribution is -0.875. The topological polar surface area (TPSA) is 78.2 Å². The SMILES string of the molecule is CC(=O)OCc1c(OCc2ccccc2)c(OCc2ccccc2)cc[n+]1OC(=O)N(C)C.[Cl-]. The zero-order chi connectivity index (χ0) is 23.6. The Kier molecular flexibility index (Phi) is 10.2. The Hall–Kier alpha value is -3.78. The highest BCUT2D eigenvalue weighted by molar-refractivity contribution is 5.66. The average molecular weight is 487 g/mol. The second-order valence-electron chi connectivity index (χ2n) is 7.36. The van der Waals surface area contributed by atoms with Gasteiger partial charge in [-0.3, -0.25) is 4.79 Å². The predicted octanol–water partition coefficient (Wildman–Crippen LogP) is 0.309. The van der Waals surface area contributed by atoms with Gasteiger partial charge in [-0.25, -0.2) is 4.79 Å². The molecule has 0 aliphatic heterocycles. The van der Waals surface area contributed by atoms with Gasteiger partial charge in [0, 0.05) is 25.7 Å². The molecular formula is C25H27ClN2O6. The van der Waals surface area contributed by atoms with Gasteiger partial charge in [-0.1, -0.05) is 60.7 Å². The minimum atomic E-state index is -0.601. The molecule has 1 amide bonds. The first kappa shape index (κ1) is 26.5. The quantitative estimate of drug-likeness (QED) is 0.320. The Morgan fingerprint density at radius 3 is 1.91 bits per heavy atom. The van der Waals surface area contributed by atoms with Crippen LogP contribution in [0.15, 0.2) is 72.9 Å². The maximum Gasteiger partial charge on any atom is 0.477 e. The molecule has 0 fully saturated rings. The van der Waals surface area contributed by atoms with Gasteiger partial charge >= 0.3 is 17.8 Å². The Morgan fingerprint density at radius 2 is 1.38 bits per heavy atom. The molecule has 9 heteroatoms. The molecule has 2 aromatic carbocycles. The lowest BCUT2D eigenvalue weighted by Gasteiger charge is -2.15. The van der Waals surface area contributed by atoms with Crippen molar-refractivity contribution in [2.24, 2.45) is 0 Å². The summed E-state index contributed by atoms with van der Waals surface area (Å²) in [6.45, 7) is 1.66. The summed E-state index contributed by atoms with van der Waals surface area (Å²) in [5.41, 5.74) is 2.23. The third kappa shape index (κ3) is 7.67. The number of benzene rings is 2. The zero-order valence-corrected chi connectivity index (χ0v) is 20.0. The molecule has 34 heavy (non-hydrogen) atoms. The second kappa shape index (κ2) is 13.1. The van der Waals surface area contributed by atoms with E-state index in [1.165, 1.54) is 22.8 Å². The highest BCUT2D eigenvalue weighted by Crippen LogP contribution is 2.31. The number of nitrogens with zero attached hydrogens (tertiary/aromatic N) is 2. The van der Waals surface area contributed by atoms with Gasteiger partial charge in [0.25, 0.3) is 0 Å². The van der Waals surface area contributed by atoms with Gasteiger partial charge in [0.15, 0.2) is 12.4 Å². The summed E-state index contributed by atoms with van der Waals surface area (Å²) in [6.07, 6.45) is 0.923. The van der Waals surface area contributed by atoms with Crippen LogP contribution in [0.2, 0.25) is 0 Å². The molecule has 0 bridgehead atoms. The van der Waals surface area contributed by atoms with Crippen molar-refractivity contribution in [3.63, 3.8) is 0 Å². The first-order chi connectivity index (χ1) is 15.9. The molecule has 3 rings (SSSR count). The summed E-state index contributed by atoms with van der Waals surface area (Å²) in [5.74, 6) is 0.254. The summed E-state index contributed by atoms with van der Waals surface area (Å²) in [6, 6.07) is 20.9. The van der Waals surface area contributed by atoms with Gasteiger partial charge in [-0.2, -0.15) is 4.84 Å². The van der Waals surface area contributed by atoms with E-state index in [-0.39, 0.29) is 25.6 Å². The third-order valence-electron chi connectivity index (χ3n) is 4.53. The Labute approximate surface area is 205 Å². The van der Waals surface area contributed by atoms with E-state index in [1.807, 2.05) is 60.7 Å². The van der Waals surface area contributed by atoms with Crippen molar-refractivity contribution in [2.75, 3.05) is 14.1 Å². The number of aromatic nitrogens is 1. The van der Waals surface area contributed by atoms with Gasteiger partial charge in [0.1, 0.15) is 13.2 Å². The fourth-order valence-corrected chi connectivity index (χ4v) is 2.83. The van der Waals surface area contributed by atoms with Crippen molar-refractivity contribution in [2.45, 2.75) is 26.7 Å². The molecule has 1 aromatic heterocycles. The number of rotatable bonds is 9. The fourth-order valence-electron chi connectivity index (χ4n) is 2.83. The minimum absolute atomic E-state index is 0. The van der Waals surface area contributed by atoms with Crippen molar-refractivity contribution >= 4 is 12.1 Å². The molecule has 0 aliphatic rings. The lowest BCUT2D eigenvalue weighted by atomic mass is 10.2. The van der Waals surface area contributed by atoms with Crippen LogP contribution in [0.5, 0.6) is 11.5 Å². The standard InChI is InChI=1S/C25H27N2O6.ClH/c1-19(28)30-18-22-24(32-17-21-12-8-5-9-13-21)23(31-16-20-10-6-4-7-11-20)14-15-27(22)33-25(29)26(2)3;/h4-15H,16-18H2,1-3H3;1H/q+1;/p-1. The molecule has 0 N–H and O–H groups in total. The van der Waals surface area contributed by atoms with Crippen LogP contribution in [0.4, 0.5) is 4.79 Å². The van der Waals surface area contributed by atoms with Crippen LogP contribution in [0.3, 0.4) is 0 Å². The second-order valence-corrected chi connectivity index (χ2v) is 7.36. The summed E-state index contributed by atoms with van der Waals surface area (Å²) >= 11 is 0. The van der Waals surface area contributed by atoms with Gasteiger partial charge in [0.2, 0.25) is 11.9 Å². The maximum atomic E-state index is 12.2. The number of halogens is 1. The summed E-state index contributed by atoms with van der Waals surface area (Å²) in [7, 11) is 3.14. The molecule has 0 saturated carbocycles. The Bertz CT molecular complexity index is 1080. The number of ether oxygens (including phenoxy) is 3. The summed E-state index contributed by atoms with van der Waals surface area (Å²) in [4.78, 5) is 30.4. The molecule has 0 unspecified atom stereocenters. The number of amides is 1. The molecule has 8 nitrogen and oxygen atoms in total. The van der Waals surface area contributed by atoms with E-state index in [4.69, 9.17) is 19.0 Å². The van der Waals surface area contributed by atoms with E-state index in [2.05, 4.69) is 0 Å². The number of carbonyl (C=O) groups is 2. The largest absolute Gasteiger partial charge is 1.00 e. The van der Waals surface area contributed by atoms with E-state index in [1.54, 1.807) is 20.2 Å². The van der Waals surface area contributed by atoms with E-state index in [9.17, 15) is 9.59 Å². The first-order valence-electron chi connectivity index (χ1n) is 10.4. The summed E-state index contributed by atoms with van der Waals surface area (Å²) < 4.78 is 18.6.